The summed E-state index contributed by atoms with van der Waals surface area (Å²) in [6, 6.07) is 4.27. The van der Waals surface area contributed by atoms with Crippen LogP contribution in [0.4, 0.5) is 5.69 Å². The first-order valence-corrected chi connectivity index (χ1v) is 6.38. The van der Waals surface area contributed by atoms with E-state index in [-0.39, 0.29) is 11.8 Å². The molecule has 0 bridgehead atoms. The zero-order valence-electron chi connectivity index (χ0n) is 9.48. The second-order valence-corrected chi connectivity index (χ2v) is 5.32. The first kappa shape index (κ1) is 12.8. The maximum atomic E-state index is 11.6. The second kappa shape index (κ2) is 4.71. The monoisotopic (exact) mass is 244 g/mol. The van der Waals surface area contributed by atoms with E-state index in [0.29, 0.717) is 11.3 Å². The van der Waals surface area contributed by atoms with Crippen LogP contribution in [-0.4, -0.2) is 19.6 Å². The van der Waals surface area contributed by atoms with E-state index >= 15 is 0 Å². The molecule has 3 N–H and O–H groups in total. The van der Waals surface area contributed by atoms with E-state index in [2.05, 4.69) is 9.44 Å². The molecule has 0 aliphatic carbocycles. The summed E-state index contributed by atoms with van der Waals surface area (Å²) in [5.74, 6) is 0.109. The van der Waals surface area contributed by atoms with Crippen LogP contribution in [0.3, 0.4) is 0 Å². The van der Waals surface area contributed by atoms with Crippen molar-refractivity contribution in [1.82, 2.24) is 4.72 Å². The van der Waals surface area contributed by atoms with E-state index in [1.54, 1.807) is 20.8 Å². The maximum Gasteiger partial charge on any atom is 0.299 e. The van der Waals surface area contributed by atoms with Crippen molar-refractivity contribution in [3.05, 3.63) is 23.8 Å². The van der Waals surface area contributed by atoms with Crippen molar-refractivity contribution in [1.29, 1.82) is 0 Å². The normalized spacial score (nSPS) is 11.8. The molecular formula is C10H16N2O3S. The lowest BCUT2D eigenvalue weighted by Crippen LogP contribution is -2.35. The highest BCUT2D eigenvalue weighted by Crippen LogP contribution is 2.20. The number of anilines is 1. The van der Waals surface area contributed by atoms with Crippen LogP contribution in [-0.2, 0) is 10.2 Å². The van der Waals surface area contributed by atoms with Crippen LogP contribution in [0.5, 0.6) is 5.75 Å². The number of nitrogens with one attached hydrogen (secondary N) is 2. The average molecular weight is 244 g/mol. The largest absolute Gasteiger partial charge is 0.508 e. The van der Waals surface area contributed by atoms with Gasteiger partial charge in [0.15, 0.2) is 0 Å². The van der Waals surface area contributed by atoms with E-state index in [4.69, 9.17) is 0 Å². The second-order valence-electron chi connectivity index (χ2n) is 3.88. The van der Waals surface area contributed by atoms with Crippen molar-refractivity contribution in [3.63, 3.8) is 0 Å². The van der Waals surface area contributed by atoms with Crippen molar-refractivity contribution < 1.29 is 13.5 Å². The maximum absolute atomic E-state index is 11.6. The highest BCUT2D eigenvalue weighted by atomic mass is 32.2. The molecule has 90 valence electrons. The molecule has 1 aromatic carbocycles. The zero-order chi connectivity index (χ0) is 12.3. The number of rotatable bonds is 4. The molecule has 1 aromatic rings. The van der Waals surface area contributed by atoms with Crippen molar-refractivity contribution in [2.75, 3.05) is 4.72 Å². The minimum absolute atomic E-state index is 0.109. The summed E-state index contributed by atoms with van der Waals surface area (Å²) in [6.45, 7) is 5.19. The van der Waals surface area contributed by atoms with Crippen molar-refractivity contribution in [3.8, 4) is 5.75 Å². The molecule has 0 radical (unpaired) electrons. The van der Waals surface area contributed by atoms with Gasteiger partial charge in [-0.3, -0.25) is 4.72 Å². The molecule has 16 heavy (non-hydrogen) atoms. The number of aromatic hydroxyl groups is 1. The van der Waals surface area contributed by atoms with Crippen LogP contribution in [0.15, 0.2) is 18.2 Å². The third kappa shape index (κ3) is 3.71. The van der Waals surface area contributed by atoms with Gasteiger partial charge in [-0.2, -0.15) is 13.1 Å². The van der Waals surface area contributed by atoms with Crippen molar-refractivity contribution in [2.45, 2.75) is 26.8 Å². The van der Waals surface area contributed by atoms with Gasteiger partial charge < -0.3 is 5.11 Å². The molecule has 5 nitrogen and oxygen atoms in total. The number of aryl methyl sites for hydroxylation is 1. The third-order valence-electron chi connectivity index (χ3n) is 1.85. The molecule has 1 rings (SSSR count). The summed E-state index contributed by atoms with van der Waals surface area (Å²) < 4.78 is 27.9. The summed E-state index contributed by atoms with van der Waals surface area (Å²) in [5.41, 5.74) is 1.11. The van der Waals surface area contributed by atoms with Crippen molar-refractivity contribution >= 4 is 15.9 Å². The topological polar surface area (TPSA) is 78.4 Å². The SMILES string of the molecule is Cc1cc(O)ccc1NS(=O)(=O)NC(C)C. The summed E-state index contributed by atoms with van der Waals surface area (Å²) in [6.07, 6.45) is 0. The van der Waals surface area contributed by atoms with Gasteiger partial charge in [0.25, 0.3) is 10.2 Å². The Labute approximate surface area is 95.7 Å². The fraction of sp³-hybridized carbons (Fsp3) is 0.400. The van der Waals surface area contributed by atoms with Gasteiger partial charge in [-0.1, -0.05) is 0 Å². The predicted molar refractivity (Wildman–Crippen MR) is 63.7 cm³/mol. The Hall–Kier alpha value is -1.27. The minimum atomic E-state index is -3.55. The molecule has 0 saturated carbocycles. The standard InChI is InChI=1S/C10H16N2O3S/c1-7(2)11-16(14,15)12-10-5-4-9(13)6-8(10)3/h4-7,11-13H,1-3H3. The van der Waals surface area contributed by atoms with Crippen LogP contribution < -0.4 is 9.44 Å². The molecule has 0 atom stereocenters. The first-order valence-electron chi connectivity index (χ1n) is 4.90. The number of hydrogen-bond acceptors (Lipinski definition) is 3. The minimum Gasteiger partial charge on any atom is -0.508 e. The molecule has 0 aromatic heterocycles. The Morgan fingerprint density at radius 3 is 2.44 bits per heavy atom. The van der Waals surface area contributed by atoms with Crippen LogP contribution in [0.1, 0.15) is 19.4 Å². The van der Waals surface area contributed by atoms with Crippen LogP contribution >= 0.6 is 0 Å². The van der Waals surface area contributed by atoms with Crippen LogP contribution in [0.2, 0.25) is 0 Å². The zero-order valence-corrected chi connectivity index (χ0v) is 10.3. The fourth-order valence-electron chi connectivity index (χ4n) is 1.25. The Kier molecular flexibility index (Phi) is 3.77. The van der Waals surface area contributed by atoms with Crippen LogP contribution in [0, 0.1) is 6.92 Å². The van der Waals surface area contributed by atoms with Gasteiger partial charge in [-0.15, -0.1) is 0 Å². The van der Waals surface area contributed by atoms with Gasteiger partial charge in [0.05, 0.1) is 5.69 Å². The van der Waals surface area contributed by atoms with E-state index in [1.165, 1.54) is 18.2 Å². The summed E-state index contributed by atoms with van der Waals surface area (Å²) in [7, 11) is -3.55. The van der Waals surface area contributed by atoms with Gasteiger partial charge in [0.1, 0.15) is 5.75 Å². The van der Waals surface area contributed by atoms with E-state index in [0.717, 1.165) is 0 Å². The van der Waals surface area contributed by atoms with Gasteiger partial charge >= 0.3 is 0 Å². The Morgan fingerprint density at radius 2 is 1.94 bits per heavy atom. The van der Waals surface area contributed by atoms with Gasteiger partial charge in [-0.25, -0.2) is 0 Å². The molecule has 0 aliphatic rings. The lowest BCUT2D eigenvalue weighted by molar-refractivity contribution is 0.475. The Bertz CT molecular complexity index is 469. The molecular weight excluding hydrogens is 228 g/mol. The molecule has 0 amide bonds. The average Bonchev–Trinajstić information content (AvgIpc) is 2.07. The van der Waals surface area contributed by atoms with E-state index in [1.807, 2.05) is 0 Å². The number of hydrogen-bond donors (Lipinski definition) is 3. The lowest BCUT2D eigenvalue weighted by atomic mass is 10.2. The Balaban J connectivity index is 2.88. The highest BCUT2D eigenvalue weighted by Gasteiger charge is 2.12. The summed E-state index contributed by atoms with van der Waals surface area (Å²) in [4.78, 5) is 0. The van der Waals surface area contributed by atoms with Gasteiger partial charge in [-0.05, 0) is 44.5 Å². The number of benzene rings is 1. The van der Waals surface area contributed by atoms with Crippen LogP contribution in [0.25, 0.3) is 0 Å². The fourth-order valence-corrected chi connectivity index (χ4v) is 2.44. The van der Waals surface area contributed by atoms with Gasteiger partial charge in [0.2, 0.25) is 0 Å². The van der Waals surface area contributed by atoms with Crippen molar-refractivity contribution in [2.24, 2.45) is 0 Å². The first-order chi connectivity index (χ1) is 7.30. The smallest absolute Gasteiger partial charge is 0.299 e. The number of phenols is 1. The number of phenolic OH excluding ortho intramolecular Hbond substituents is 1. The van der Waals surface area contributed by atoms with E-state index < -0.39 is 10.2 Å². The lowest BCUT2D eigenvalue weighted by Gasteiger charge is -2.13. The van der Waals surface area contributed by atoms with E-state index in [9.17, 15) is 13.5 Å². The predicted octanol–water partition coefficient (Wildman–Crippen LogP) is 1.36. The molecule has 0 unspecified atom stereocenters. The molecule has 6 heteroatoms. The Morgan fingerprint density at radius 1 is 1.31 bits per heavy atom. The third-order valence-corrected chi connectivity index (χ3v) is 3.12. The molecule has 0 spiro atoms. The summed E-state index contributed by atoms with van der Waals surface area (Å²) in [5, 5.41) is 9.19. The molecule has 0 aliphatic heterocycles. The molecule has 0 fully saturated rings. The summed E-state index contributed by atoms with van der Waals surface area (Å²) >= 11 is 0. The quantitative estimate of drug-likeness (QED) is 0.700. The molecule has 0 saturated heterocycles. The van der Waals surface area contributed by atoms with Gasteiger partial charge in [0, 0.05) is 6.04 Å². The highest BCUT2D eigenvalue weighted by molar-refractivity contribution is 7.90. The molecule has 0 heterocycles.